The molecule has 2 unspecified atom stereocenters. The van der Waals surface area contributed by atoms with E-state index in [0.717, 1.165) is 22.4 Å². The van der Waals surface area contributed by atoms with Crippen molar-refractivity contribution in [3.8, 4) is 5.75 Å². The lowest BCUT2D eigenvalue weighted by molar-refractivity contribution is 0.389. The molecule has 0 amide bonds. The Morgan fingerprint density at radius 3 is 3.25 bits per heavy atom. The summed E-state index contributed by atoms with van der Waals surface area (Å²) in [5.74, 6) is 0.818. The minimum atomic E-state index is 0.0865. The molecule has 16 heavy (non-hydrogen) atoms. The number of hydrogen-bond acceptors (Lipinski definition) is 4. The third-order valence-corrected chi connectivity index (χ3v) is 3.08. The molecule has 4 rings (SSSR count). The lowest BCUT2D eigenvalue weighted by atomic mass is 10.0. The number of epoxide rings is 1. The van der Waals surface area contributed by atoms with Gasteiger partial charge in [-0.05, 0) is 6.07 Å². The van der Waals surface area contributed by atoms with Crippen molar-refractivity contribution in [2.75, 3.05) is 7.11 Å². The Morgan fingerprint density at radius 1 is 1.44 bits per heavy atom. The third-order valence-electron chi connectivity index (χ3n) is 3.08. The molecule has 0 aromatic carbocycles. The second-order valence-corrected chi connectivity index (χ2v) is 3.96. The van der Waals surface area contributed by atoms with E-state index in [1.54, 1.807) is 13.4 Å². The maximum Gasteiger partial charge on any atom is 0.229 e. The van der Waals surface area contributed by atoms with Crippen molar-refractivity contribution in [2.24, 2.45) is 0 Å². The summed E-state index contributed by atoms with van der Waals surface area (Å²) in [4.78, 5) is 4.48. The quantitative estimate of drug-likeness (QED) is 0.685. The highest BCUT2D eigenvalue weighted by molar-refractivity contribution is 5.87. The molecule has 2 aliphatic rings. The maximum absolute atomic E-state index is 5.48. The fourth-order valence-electron chi connectivity index (χ4n) is 2.27. The number of ether oxygens (including phenoxy) is 2. The highest BCUT2D eigenvalue weighted by atomic mass is 16.6. The molecule has 2 aromatic heterocycles. The molecule has 1 saturated heterocycles. The largest absolute Gasteiger partial charge is 0.495 e. The van der Waals surface area contributed by atoms with E-state index in [9.17, 15) is 0 Å². The predicted octanol–water partition coefficient (Wildman–Crippen LogP) is 2.30. The standard InChI is InChI=1S/C12H9NO3/c1-14-10-6-2-3-8-11(16-8)9(6)13-12-7(10)4-5-15-12/h2-5,8,11H,1H3. The highest BCUT2D eigenvalue weighted by Gasteiger charge is 2.44. The summed E-state index contributed by atoms with van der Waals surface area (Å²) in [7, 11) is 1.66. The molecule has 0 spiro atoms. The number of rotatable bonds is 1. The maximum atomic E-state index is 5.48. The fourth-order valence-corrected chi connectivity index (χ4v) is 2.27. The molecule has 1 aliphatic carbocycles. The first-order valence-corrected chi connectivity index (χ1v) is 5.17. The Hall–Kier alpha value is -1.81. The van der Waals surface area contributed by atoms with Crippen molar-refractivity contribution in [3.63, 3.8) is 0 Å². The van der Waals surface area contributed by atoms with Crippen molar-refractivity contribution in [1.82, 2.24) is 4.98 Å². The van der Waals surface area contributed by atoms with Crippen molar-refractivity contribution in [1.29, 1.82) is 0 Å². The van der Waals surface area contributed by atoms with Gasteiger partial charge in [-0.15, -0.1) is 0 Å². The lowest BCUT2D eigenvalue weighted by Crippen LogP contribution is -2.01. The molecule has 4 nitrogen and oxygen atoms in total. The topological polar surface area (TPSA) is 47.8 Å². The van der Waals surface area contributed by atoms with Crippen LogP contribution in [0.5, 0.6) is 5.75 Å². The monoisotopic (exact) mass is 215 g/mol. The van der Waals surface area contributed by atoms with Crippen LogP contribution >= 0.6 is 0 Å². The van der Waals surface area contributed by atoms with Gasteiger partial charge in [0.15, 0.2) is 0 Å². The summed E-state index contributed by atoms with van der Waals surface area (Å²) in [5, 5.41) is 0.907. The van der Waals surface area contributed by atoms with Crippen LogP contribution < -0.4 is 4.74 Å². The molecule has 1 aliphatic heterocycles. The van der Waals surface area contributed by atoms with Crippen molar-refractivity contribution in [2.45, 2.75) is 12.2 Å². The lowest BCUT2D eigenvalue weighted by Gasteiger charge is -2.11. The van der Waals surface area contributed by atoms with E-state index in [2.05, 4.69) is 4.98 Å². The van der Waals surface area contributed by atoms with Gasteiger partial charge in [-0.2, -0.15) is 0 Å². The van der Waals surface area contributed by atoms with Gasteiger partial charge < -0.3 is 13.9 Å². The zero-order chi connectivity index (χ0) is 10.7. The molecule has 0 N–H and O–H groups in total. The zero-order valence-corrected chi connectivity index (χ0v) is 8.64. The van der Waals surface area contributed by atoms with E-state index >= 15 is 0 Å². The highest BCUT2D eigenvalue weighted by Crippen LogP contribution is 2.48. The minimum Gasteiger partial charge on any atom is -0.495 e. The van der Waals surface area contributed by atoms with Gasteiger partial charge in [0, 0.05) is 5.56 Å². The average Bonchev–Trinajstić information content (AvgIpc) is 2.96. The Labute approximate surface area is 91.5 Å². The Kier molecular flexibility index (Phi) is 1.38. The van der Waals surface area contributed by atoms with Gasteiger partial charge in [0.2, 0.25) is 5.71 Å². The molecule has 80 valence electrons. The molecule has 2 atom stereocenters. The van der Waals surface area contributed by atoms with Crippen LogP contribution in [0.2, 0.25) is 0 Å². The van der Waals surface area contributed by atoms with E-state index in [1.165, 1.54) is 0 Å². The number of nitrogens with zero attached hydrogens (tertiary/aromatic N) is 1. The van der Waals surface area contributed by atoms with Crippen LogP contribution in [0, 0.1) is 0 Å². The first-order chi connectivity index (χ1) is 7.88. The molecule has 0 radical (unpaired) electrons. The van der Waals surface area contributed by atoms with Crippen LogP contribution in [0.15, 0.2) is 22.8 Å². The molecule has 0 saturated carbocycles. The minimum absolute atomic E-state index is 0.0865. The molecule has 0 bridgehead atoms. The molecular weight excluding hydrogens is 206 g/mol. The fraction of sp³-hybridized carbons (Fsp3) is 0.250. The molecule has 2 aromatic rings. The van der Waals surface area contributed by atoms with Gasteiger partial charge >= 0.3 is 0 Å². The number of pyridine rings is 1. The summed E-state index contributed by atoms with van der Waals surface area (Å²) in [6.45, 7) is 0. The second kappa shape index (κ2) is 2.65. The molecular formula is C12H9NO3. The van der Waals surface area contributed by atoms with Gasteiger partial charge in [0.25, 0.3) is 0 Å². The van der Waals surface area contributed by atoms with E-state index in [4.69, 9.17) is 13.9 Å². The number of aromatic nitrogens is 1. The van der Waals surface area contributed by atoms with E-state index in [0.29, 0.717) is 5.71 Å². The molecule has 3 heterocycles. The van der Waals surface area contributed by atoms with Gasteiger partial charge in [0.05, 0.1) is 24.5 Å². The Morgan fingerprint density at radius 2 is 2.38 bits per heavy atom. The summed E-state index contributed by atoms with van der Waals surface area (Å²) in [6, 6.07) is 1.87. The van der Waals surface area contributed by atoms with Crippen LogP contribution in [0.4, 0.5) is 0 Å². The summed E-state index contributed by atoms with van der Waals surface area (Å²) in [6.07, 6.45) is 5.96. The third kappa shape index (κ3) is 0.900. The van der Waals surface area contributed by atoms with Gasteiger partial charge in [-0.25, -0.2) is 4.98 Å². The molecule has 1 fully saturated rings. The number of hydrogen-bond donors (Lipinski definition) is 0. The van der Waals surface area contributed by atoms with Crippen LogP contribution in [-0.4, -0.2) is 18.2 Å². The van der Waals surface area contributed by atoms with E-state index in [1.807, 2.05) is 18.2 Å². The van der Waals surface area contributed by atoms with Gasteiger partial charge in [-0.3, -0.25) is 0 Å². The van der Waals surface area contributed by atoms with Crippen LogP contribution in [0.3, 0.4) is 0 Å². The van der Waals surface area contributed by atoms with Gasteiger partial charge in [-0.1, -0.05) is 12.2 Å². The number of fused-ring (bicyclic) bond motifs is 4. The summed E-state index contributed by atoms with van der Waals surface area (Å²) >= 11 is 0. The van der Waals surface area contributed by atoms with Crippen molar-refractivity contribution < 1.29 is 13.9 Å². The first-order valence-electron chi connectivity index (χ1n) is 5.17. The smallest absolute Gasteiger partial charge is 0.229 e. The Balaban J connectivity index is 2.12. The number of methoxy groups -OCH3 is 1. The van der Waals surface area contributed by atoms with Crippen LogP contribution in [-0.2, 0) is 4.74 Å². The number of furan rings is 1. The predicted molar refractivity (Wildman–Crippen MR) is 57.2 cm³/mol. The normalized spacial score (nSPS) is 25.3. The van der Waals surface area contributed by atoms with E-state index in [-0.39, 0.29) is 12.2 Å². The summed E-state index contributed by atoms with van der Waals surface area (Å²) < 4.78 is 16.2. The zero-order valence-electron chi connectivity index (χ0n) is 8.64. The van der Waals surface area contributed by atoms with E-state index < -0.39 is 0 Å². The first kappa shape index (κ1) is 8.35. The van der Waals surface area contributed by atoms with Gasteiger partial charge in [0.1, 0.15) is 18.0 Å². The van der Waals surface area contributed by atoms with Crippen LogP contribution in [0.1, 0.15) is 17.4 Å². The summed E-state index contributed by atoms with van der Waals surface area (Å²) in [5.41, 5.74) is 2.54. The van der Waals surface area contributed by atoms with Crippen molar-refractivity contribution >= 4 is 17.2 Å². The Bertz CT molecular complexity index is 614. The SMILES string of the molecule is COc1c2c(nc3occc13)C1OC1C=C2. The second-order valence-electron chi connectivity index (χ2n) is 3.96. The molecule has 4 heteroatoms. The van der Waals surface area contributed by atoms with Crippen molar-refractivity contribution in [3.05, 3.63) is 29.7 Å². The average molecular weight is 215 g/mol. The van der Waals surface area contributed by atoms with Crippen LogP contribution in [0.25, 0.3) is 17.2 Å².